The number of nitrogens with one attached hydrogen (secondary N) is 1. The Bertz CT molecular complexity index is 1100. The summed E-state index contributed by atoms with van der Waals surface area (Å²) in [7, 11) is -3.75. The molecule has 1 aromatic carbocycles. The minimum Gasteiger partial charge on any atom is -0.313 e. The normalized spacial score (nSPS) is 12.6. The monoisotopic (exact) mass is 433 g/mol. The third-order valence-corrected chi connectivity index (χ3v) is 5.63. The lowest BCUT2D eigenvalue weighted by Gasteiger charge is -2.09. The second kappa shape index (κ2) is 7.64. The zero-order chi connectivity index (χ0) is 20.5. The van der Waals surface area contributed by atoms with E-state index in [1.165, 1.54) is 28.8 Å². The molecule has 0 bridgehead atoms. The highest BCUT2D eigenvalue weighted by Gasteiger charge is 2.35. The molecule has 0 aliphatic heterocycles. The van der Waals surface area contributed by atoms with E-state index in [4.69, 9.17) is 11.6 Å². The Labute approximate surface area is 163 Å². The van der Waals surface area contributed by atoms with Crippen LogP contribution in [0, 0.1) is 0 Å². The molecule has 2 aromatic heterocycles. The van der Waals surface area contributed by atoms with Gasteiger partial charge < -0.3 is 4.57 Å². The van der Waals surface area contributed by atoms with Gasteiger partial charge in [0.1, 0.15) is 11.3 Å². The molecular weight excluding hydrogens is 419 g/mol. The van der Waals surface area contributed by atoms with Crippen LogP contribution in [0.15, 0.2) is 35.4 Å². The first-order valence-electron chi connectivity index (χ1n) is 8.16. The highest BCUT2D eigenvalue weighted by Crippen LogP contribution is 2.27. The Morgan fingerprint density at radius 1 is 1.18 bits per heavy atom. The van der Waals surface area contributed by atoms with Crippen molar-refractivity contribution in [3.8, 4) is 0 Å². The summed E-state index contributed by atoms with van der Waals surface area (Å²) < 4.78 is 67.0. The van der Waals surface area contributed by atoms with Gasteiger partial charge >= 0.3 is 6.18 Å². The van der Waals surface area contributed by atoms with Gasteiger partial charge in [0.05, 0.1) is 11.1 Å². The highest BCUT2D eigenvalue weighted by atomic mass is 35.5. The number of fused-ring (bicyclic) bond motifs is 1. The predicted molar refractivity (Wildman–Crippen MR) is 96.3 cm³/mol. The molecule has 0 saturated heterocycles. The summed E-state index contributed by atoms with van der Waals surface area (Å²) in [6.45, 7) is 2.07. The van der Waals surface area contributed by atoms with E-state index < -0.39 is 22.0 Å². The predicted octanol–water partition coefficient (Wildman–Crippen LogP) is 3.04. The lowest BCUT2D eigenvalue weighted by Crippen LogP contribution is -2.26. The van der Waals surface area contributed by atoms with E-state index in [2.05, 4.69) is 19.7 Å². The van der Waals surface area contributed by atoms with Gasteiger partial charge in [0.15, 0.2) is 5.65 Å². The van der Waals surface area contributed by atoms with Gasteiger partial charge in [-0.15, -0.1) is 0 Å². The smallest absolute Gasteiger partial charge is 0.313 e. The maximum Gasteiger partial charge on any atom is 0.451 e. The van der Waals surface area contributed by atoms with E-state index in [0.717, 1.165) is 6.20 Å². The molecule has 0 radical (unpaired) electrons. The van der Waals surface area contributed by atoms with Crippen LogP contribution in [-0.4, -0.2) is 34.5 Å². The number of alkyl halides is 3. The van der Waals surface area contributed by atoms with Gasteiger partial charge in [0.2, 0.25) is 15.8 Å². The van der Waals surface area contributed by atoms with Crippen LogP contribution in [0.3, 0.4) is 0 Å². The van der Waals surface area contributed by atoms with Crippen molar-refractivity contribution in [1.82, 2.24) is 24.2 Å². The average Bonchev–Trinajstić information content (AvgIpc) is 2.97. The fraction of sp³-hybridized carbons (Fsp3) is 0.312. The van der Waals surface area contributed by atoms with Gasteiger partial charge in [0, 0.05) is 24.5 Å². The maximum absolute atomic E-state index is 12.8. The molecule has 0 fully saturated rings. The number of rotatable bonds is 6. The second-order valence-corrected chi connectivity index (χ2v) is 7.98. The van der Waals surface area contributed by atoms with E-state index in [9.17, 15) is 21.6 Å². The van der Waals surface area contributed by atoms with Crippen LogP contribution in [0.25, 0.3) is 11.2 Å². The zero-order valence-corrected chi connectivity index (χ0v) is 16.1. The molecule has 1 N–H and O–H groups in total. The highest BCUT2D eigenvalue weighted by molar-refractivity contribution is 7.89. The Morgan fingerprint density at radius 2 is 1.86 bits per heavy atom. The number of aryl methyl sites for hydroxylation is 1. The van der Waals surface area contributed by atoms with Gasteiger partial charge in [-0.1, -0.05) is 11.6 Å². The number of benzene rings is 1. The Morgan fingerprint density at radius 3 is 2.46 bits per heavy atom. The van der Waals surface area contributed by atoms with Gasteiger partial charge in [-0.05, 0) is 31.2 Å². The van der Waals surface area contributed by atoms with Crippen molar-refractivity contribution in [2.75, 3.05) is 6.54 Å². The van der Waals surface area contributed by atoms with Crippen molar-refractivity contribution in [3.05, 3.63) is 47.1 Å². The first-order chi connectivity index (χ1) is 13.1. The summed E-state index contributed by atoms with van der Waals surface area (Å²) in [6, 6.07) is 5.67. The fourth-order valence-electron chi connectivity index (χ4n) is 2.62. The molecule has 0 amide bonds. The maximum atomic E-state index is 12.8. The van der Waals surface area contributed by atoms with Gasteiger partial charge in [-0.2, -0.15) is 13.2 Å². The summed E-state index contributed by atoms with van der Waals surface area (Å²) in [5.41, 5.74) is 0.269. The van der Waals surface area contributed by atoms with Crippen LogP contribution in [0.5, 0.6) is 0 Å². The number of sulfonamides is 1. The number of nitrogens with zero attached hydrogens (tertiary/aromatic N) is 4. The van der Waals surface area contributed by atoms with Crippen molar-refractivity contribution in [3.63, 3.8) is 0 Å². The molecule has 0 spiro atoms. The zero-order valence-electron chi connectivity index (χ0n) is 14.5. The second-order valence-electron chi connectivity index (χ2n) is 5.77. The molecule has 0 aliphatic rings. The SMILES string of the molecule is CCn1c(CCNS(=O)(=O)c2ccc(Cl)cc2)nc2cnc(C(F)(F)F)nc21. The largest absolute Gasteiger partial charge is 0.451 e. The van der Waals surface area contributed by atoms with Gasteiger partial charge in [0.25, 0.3) is 0 Å². The van der Waals surface area contributed by atoms with E-state index in [-0.39, 0.29) is 29.0 Å². The number of hydrogen-bond donors (Lipinski definition) is 1. The number of halogens is 4. The van der Waals surface area contributed by atoms with Crippen molar-refractivity contribution < 1.29 is 21.6 Å². The topological polar surface area (TPSA) is 89.8 Å². The van der Waals surface area contributed by atoms with E-state index >= 15 is 0 Å². The van der Waals surface area contributed by atoms with E-state index in [0.29, 0.717) is 17.4 Å². The molecular formula is C16H15ClF3N5O2S. The van der Waals surface area contributed by atoms with Crippen LogP contribution in [-0.2, 0) is 29.2 Å². The van der Waals surface area contributed by atoms with Crippen LogP contribution >= 0.6 is 11.6 Å². The minimum absolute atomic E-state index is 0.00778. The van der Waals surface area contributed by atoms with Gasteiger partial charge in [-0.3, -0.25) is 0 Å². The number of imidazole rings is 1. The Kier molecular flexibility index (Phi) is 5.60. The molecule has 0 saturated carbocycles. The summed E-state index contributed by atoms with van der Waals surface area (Å²) in [5.74, 6) is -0.838. The van der Waals surface area contributed by atoms with Crippen molar-refractivity contribution in [2.45, 2.75) is 31.0 Å². The summed E-state index contributed by atoms with van der Waals surface area (Å²) in [6.07, 6.45) is -3.48. The molecule has 150 valence electrons. The molecule has 0 atom stereocenters. The van der Waals surface area contributed by atoms with Crippen LogP contribution in [0.2, 0.25) is 5.02 Å². The molecule has 12 heteroatoms. The average molecular weight is 434 g/mol. The van der Waals surface area contributed by atoms with Crippen LogP contribution in [0.4, 0.5) is 13.2 Å². The van der Waals surface area contributed by atoms with Crippen LogP contribution < -0.4 is 4.72 Å². The third kappa shape index (κ3) is 4.26. The lowest BCUT2D eigenvalue weighted by molar-refractivity contribution is -0.144. The molecule has 0 aliphatic carbocycles. The Hall–Kier alpha value is -2.24. The molecule has 0 unspecified atom stereocenters. The minimum atomic E-state index is -4.66. The Balaban J connectivity index is 1.79. The molecule has 28 heavy (non-hydrogen) atoms. The lowest BCUT2D eigenvalue weighted by atomic mass is 10.4. The molecule has 2 heterocycles. The van der Waals surface area contributed by atoms with Crippen LogP contribution in [0.1, 0.15) is 18.6 Å². The summed E-state index contributed by atoms with van der Waals surface area (Å²) >= 11 is 5.75. The van der Waals surface area contributed by atoms with Crippen molar-refractivity contribution in [1.29, 1.82) is 0 Å². The van der Waals surface area contributed by atoms with Crippen molar-refractivity contribution in [2.24, 2.45) is 0 Å². The third-order valence-electron chi connectivity index (χ3n) is 3.90. The standard InChI is InChI=1S/C16H15ClF3N5O2S/c1-2-25-13(23-12-9-21-15(16(18,19)20)24-14(12)25)7-8-22-28(26,27)11-5-3-10(17)4-6-11/h3-6,9,22H,2,7-8H2,1H3. The molecule has 3 aromatic rings. The quantitative estimate of drug-likeness (QED) is 0.645. The van der Waals surface area contributed by atoms with Gasteiger partial charge in [-0.25, -0.2) is 28.1 Å². The first kappa shape index (κ1) is 20.5. The summed E-state index contributed by atoms with van der Waals surface area (Å²) in [4.78, 5) is 11.1. The number of aromatic nitrogens is 4. The van der Waals surface area contributed by atoms with E-state index in [1.54, 1.807) is 6.92 Å². The summed E-state index contributed by atoms with van der Waals surface area (Å²) in [5, 5.41) is 0.412. The van der Waals surface area contributed by atoms with Crippen molar-refractivity contribution >= 4 is 32.8 Å². The molecule has 7 nitrogen and oxygen atoms in total. The number of hydrogen-bond acceptors (Lipinski definition) is 5. The fourth-order valence-corrected chi connectivity index (χ4v) is 3.78. The first-order valence-corrected chi connectivity index (χ1v) is 10.0. The molecule has 3 rings (SSSR count). The van der Waals surface area contributed by atoms with E-state index in [1.807, 2.05) is 0 Å².